The van der Waals surface area contributed by atoms with Crippen molar-refractivity contribution in [1.29, 1.82) is 0 Å². The van der Waals surface area contributed by atoms with Crippen LogP contribution in [0.5, 0.6) is 34.5 Å². The SMILES string of the molecule is COC(=O)c1c(OC)cc(OC)cc1OC.COc1cc(OC)c(C(=O)O)c(OC)c1. The van der Waals surface area contributed by atoms with Crippen molar-refractivity contribution < 1.29 is 47.9 Å². The van der Waals surface area contributed by atoms with Gasteiger partial charge >= 0.3 is 11.9 Å². The Labute approximate surface area is 180 Å². The Morgan fingerprint density at radius 1 is 0.581 bits per heavy atom. The first-order valence-corrected chi connectivity index (χ1v) is 8.73. The third kappa shape index (κ3) is 6.08. The standard InChI is InChI=1S/C11H14O5.C10H12O5/c1-13-7-5-8(14-2)10(11(12)16-4)9(6-7)15-3;1-13-6-4-7(14-2)9(10(11)12)8(5-6)15-3/h5-6H,1-4H3;4-5H,1-3H3,(H,11,12). The van der Waals surface area contributed by atoms with Crippen molar-refractivity contribution in [3.05, 3.63) is 35.4 Å². The summed E-state index contributed by atoms with van der Waals surface area (Å²) in [6.07, 6.45) is 0. The molecule has 0 aliphatic heterocycles. The minimum absolute atomic E-state index is 0.0131. The number of carboxylic acid groups (broad SMARTS) is 1. The molecule has 1 N–H and O–H groups in total. The van der Waals surface area contributed by atoms with Crippen LogP contribution in [0.2, 0.25) is 0 Å². The van der Waals surface area contributed by atoms with Gasteiger partial charge < -0.3 is 38.3 Å². The van der Waals surface area contributed by atoms with Gasteiger partial charge in [0.1, 0.15) is 45.6 Å². The van der Waals surface area contributed by atoms with Crippen LogP contribution in [-0.4, -0.2) is 66.8 Å². The van der Waals surface area contributed by atoms with E-state index >= 15 is 0 Å². The van der Waals surface area contributed by atoms with Crippen LogP contribution in [0.25, 0.3) is 0 Å². The summed E-state index contributed by atoms with van der Waals surface area (Å²) in [5.74, 6) is 0.515. The predicted molar refractivity (Wildman–Crippen MR) is 110 cm³/mol. The van der Waals surface area contributed by atoms with Crippen LogP contribution in [0.1, 0.15) is 20.7 Å². The highest BCUT2D eigenvalue weighted by atomic mass is 16.5. The third-order valence-corrected chi connectivity index (χ3v) is 4.03. The highest BCUT2D eigenvalue weighted by Gasteiger charge is 2.21. The molecule has 0 radical (unpaired) electrons. The number of carbonyl (C=O) groups excluding carboxylic acids is 1. The molecule has 0 amide bonds. The zero-order valence-electron chi connectivity index (χ0n) is 18.4. The van der Waals surface area contributed by atoms with E-state index < -0.39 is 11.9 Å². The molecule has 0 saturated heterocycles. The highest BCUT2D eigenvalue weighted by molar-refractivity contribution is 5.96. The van der Waals surface area contributed by atoms with Gasteiger partial charge in [-0.15, -0.1) is 0 Å². The van der Waals surface area contributed by atoms with Gasteiger partial charge in [0.15, 0.2) is 0 Å². The minimum Gasteiger partial charge on any atom is -0.496 e. The summed E-state index contributed by atoms with van der Waals surface area (Å²) in [6.45, 7) is 0. The smallest absolute Gasteiger partial charge is 0.345 e. The van der Waals surface area contributed by atoms with Gasteiger partial charge in [-0.2, -0.15) is 0 Å². The maximum absolute atomic E-state index is 11.5. The van der Waals surface area contributed by atoms with Crippen molar-refractivity contribution in [2.75, 3.05) is 49.8 Å². The Hall–Kier alpha value is -3.82. The molecule has 0 spiro atoms. The van der Waals surface area contributed by atoms with Crippen LogP contribution in [0.15, 0.2) is 24.3 Å². The summed E-state index contributed by atoms with van der Waals surface area (Å²) >= 11 is 0. The number of methoxy groups -OCH3 is 7. The number of benzene rings is 2. The Morgan fingerprint density at radius 2 is 0.903 bits per heavy atom. The van der Waals surface area contributed by atoms with E-state index in [1.54, 1.807) is 12.1 Å². The molecule has 0 atom stereocenters. The zero-order valence-corrected chi connectivity index (χ0v) is 18.4. The molecule has 0 aliphatic carbocycles. The van der Waals surface area contributed by atoms with Crippen molar-refractivity contribution in [2.45, 2.75) is 0 Å². The molecule has 0 heterocycles. The van der Waals surface area contributed by atoms with Gasteiger partial charge in [-0.1, -0.05) is 0 Å². The van der Waals surface area contributed by atoms with E-state index in [0.717, 1.165) is 0 Å². The fourth-order valence-corrected chi connectivity index (χ4v) is 2.53. The maximum atomic E-state index is 11.5. The van der Waals surface area contributed by atoms with Crippen molar-refractivity contribution in [1.82, 2.24) is 0 Å². The first-order chi connectivity index (χ1) is 14.8. The molecular formula is C21H26O10. The van der Waals surface area contributed by atoms with Crippen molar-refractivity contribution in [2.24, 2.45) is 0 Å². The lowest BCUT2D eigenvalue weighted by Crippen LogP contribution is -2.07. The fraction of sp³-hybridized carbons (Fsp3) is 0.333. The first-order valence-electron chi connectivity index (χ1n) is 8.73. The lowest BCUT2D eigenvalue weighted by molar-refractivity contribution is 0.0592. The molecule has 2 aromatic carbocycles. The molecule has 2 aromatic rings. The number of aromatic carboxylic acids is 1. The number of esters is 1. The van der Waals surface area contributed by atoms with E-state index in [9.17, 15) is 9.59 Å². The summed E-state index contributed by atoms with van der Waals surface area (Å²) in [7, 11) is 9.99. The van der Waals surface area contributed by atoms with Gasteiger partial charge in [-0.3, -0.25) is 0 Å². The second-order valence-corrected chi connectivity index (χ2v) is 5.61. The second-order valence-electron chi connectivity index (χ2n) is 5.61. The third-order valence-electron chi connectivity index (χ3n) is 4.03. The quantitative estimate of drug-likeness (QED) is 0.616. The molecule has 0 aliphatic rings. The summed E-state index contributed by atoms with van der Waals surface area (Å²) in [4.78, 5) is 22.5. The molecule has 0 saturated carbocycles. The lowest BCUT2D eigenvalue weighted by atomic mass is 10.1. The van der Waals surface area contributed by atoms with E-state index in [-0.39, 0.29) is 22.6 Å². The number of carbonyl (C=O) groups is 2. The topological polar surface area (TPSA) is 119 Å². The summed E-state index contributed by atoms with van der Waals surface area (Å²) in [5.41, 5.74) is 0.231. The molecular weight excluding hydrogens is 412 g/mol. The molecule has 10 nitrogen and oxygen atoms in total. The molecule has 170 valence electrons. The van der Waals surface area contributed by atoms with Gasteiger partial charge in [0, 0.05) is 24.3 Å². The van der Waals surface area contributed by atoms with Gasteiger partial charge in [0.25, 0.3) is 0 Å². The number of hydrogen-bond acceptors (Lipinski definition) is 9. The number of carboxylic acids is 1. The summed E-state index contributed by atoms with van der Waals surface area (Å²) in [6, 6.07) is 6.17. The summed E-state index contributed by atoms with van der Waals surface area (Å²) < 4.78 is 34.8. The van der Waals surface area contributed by atoms with E-state index in [4.69, 9.17) is 33.5 Å². The predicted octanol–water partition coefficient (Wildman–Crippen LogP) is 2.91. The molecule has 31 heavy (non-hydrogen) atoms. The maximum Gasteiger partial charge on any atom is 0.345 e. The van der Waals surface area contributed by atoms with E-state index in [0.29, 0.717) is 23.0 Å². The van der Waals surface area contributed by atoms with E-state index in [2.05, 4.69) is 4.74 Å². The minimum atomic E-state index is -1.11. The number of ether oxygens (including phenoxy) is 7. The molecule has 0 bridgehead atoms. The van der Waals surface area contributed by atoms with Crippen molar-refractivity contribution in [3.8, 4) is 34.5 Å². The van der Waals surface area contributed by atoms with Crippen molar-refractivity contribution >= 4 is 11.9 Å². The van der Waals surface area contributed by atoms with E-state index in [1.165, 1.54) is 61.9 Å². The van der Waals surface area contributed by atoms with Crippen LogP contribution >= 0.6 is 0 Å². The Balaban J connectivity index is 0.000000311. The van der Waals surface area contributed by atoms with Gasteiger partial charge in [-0.05, 0) is 0 Å². The molecule has 0 aromatic heterocycles. The Bertz CT molecular complexity index is 857. The molecule has 10 heteroatoms. The van der Waals surface area contributed by atoms with Crippen LogP contribution < -0.4 is 28.4 Å². The fourth-order valence-electron chi connectivity index (χ4n) is 2.53. The normalized spacial score (nSPS) is 9.52. The first kappa shape index (κ1) is 25.2. The number of rotatable bonds is 8. The lowest BCUT2D eigenvalue weighted by Gasteiger charge is -2.13. The Kier molecular flexibility index (Phi) is 9.77. The molecule has 0 fully saturated rings. The average molecular weight is 438 g/mol. The van der Waals surface area contributed by atoms with Crippen LogP contribution in [0.4, 0.5) is 0 Å². The van der Waals surface area contributed by atoms with Gasteiger partial charge in [-0.25, -0.2) is 9.59 Å². The van der Waals surface area contributed by atoms with Crippen LogP contribution in [0, 0.1) is 0 Å². The monoisotopic (exact) mass is 438 g/mol. The zero-order chi connectivity index (χ0) is 23.6. The van der Waals surface area contributed by atoms with Crippen LogP contribution in [-0.2, 0) is 4.74 Å². The van der Waals surface area contributed by atoms with Crippen molar-refractivity contribution in [3.63, 3.8) is 0 Å². The number of hydrogen-bond donors (Lipinski definition) is 1. The largest absolute Gasteiger partial charge is 0.496 e. The van der Waals surface area contributed by atoms with Gasteiger partial charge in [0.05, 0.1) is 49.8 Å². The summed E-state index contributed by atoms with van der Waals surface area (Å²) in [5, 5.41) is 8.97. The van der Waals surface area contributed by atoms with Gasteiger partial charge in [0.2, 0.25) is 0 Å². The molecule has 0 unspecified atom stereocenters. The average Bonchev–Trinajstić information content (AvgIpc) is 2.81. The molecule has 2 rings (SSSR count). The van der Waals surface area contributed by atoms with E-state index in [1.807, 2.05) is 0 Å². The highest BCUT2D eigenvalue weighted by Crippen LogP contribution is 2.35. The van der Waals surface area contributed by atoms with Crippen LogP contribution in [0.3, 0.4) is 0 Å². The Morgan fingerprint density at radius 3 is 1.13 bits per heavy atom. The second kappa shape index (κ2) is 12.0.